The first kappa shape index (κ1) is 17.4. The highest BCUT2D eigenvalue weighted by Gasteiger charge is 2.28. The van der Waals surface area contributed by atoms with Gasteiger partial charge in [0.1, 0.15) is 11.8 Å². The van der Waals surface area contributed by atoms with Gasteiger partial charge in [0.05, 0.1) is 11.5 Å². The summed E-state index contributed by atoms with van der Waals surface area (Å²) in [6.07, 6.45) is 0. The third kappa shape index (κ3) is 5.71. The van der Waals surface area contributed by atoms with Gasteiger partial charge < -0.3 is 9.26 Å². The highest BCUT2D eigenvalue weighted by molar-refractivity contribution is 7.84. The number of rotatable bonds is 7. The molecule has 1 aromatic carbocycles. The van der Waals surface area contributed by atoms with Crippen molar-refractivity contribution in [2.45, 2.75) is 19.9 Å². The summed E-state index contributed by atoms with van der Waals surface area (Å²) in [4.78, 5) is 21.3. The lowest BCUT2D eigenvalue weighted by atomic mass is 10.3. The van der Waals surface area contributed by atoms with E-state index < -0.39 is 23.8 Å². The van der Waals surface area contributed by atoms with Gasteiger partial charge in [-0.05, 0) is 26.0 Å². The minimum Gasteiger partial charge on any atom is -0.465 e. The first-order valence-electron chi connectivity index (χ1n) is 5.93. The molecule has 0 aliphatic rings. The lowest BCUT2D eigenvalue weighted by Gasteiger charge is -2.17. The van der Waals surface area contributed by atoms with Crippen LogP contribution in [0.5, 0.6) is 5.75 Å². The predicted octanol–water partition coefficient (Wildman–Crippen LogP) is 2.86. The number of non-ortho nitro benzene ring substituents is 1. The number of carbonyl (C=O) groups excluding carboxylic acids is 1. The van der Waals surface area contributed by atoms with Gasteiger partial charge in [0, 0.05) is 23.4 Å². The summed E-state index contributed by atoms with van der Waals surface area (Å²) in [7, 11) is 0. The molecule has 2 atom stereocenters. The number of ether oxygens (including phenoxy) is 1. The van der Waals surface area contributed by atoms with E-state index in [0.717, 1.165) is 0 Å². The molecule has 1 N–H and O–H groups in total. The molecule has 0 aromatic heterocycles. The van der Waals surface area contributed by atoms with Crippen molar-refractivity contribution in [1.82, 2.24) is 5.09 Å². The minimum atomic E-state index is -3.84. The number of nitrogens with one attached hydrogen (secondary N) is 1. The molecule has 0 radical (unpaired) electrons. The van der Waals surface area contributed by atoms with Crippen LogP contribution in [0.25, 0.3) is 0 Å². The van der Waals surface area contributed by atoms with Crippen LogP contribution in [0.15, 0.2) is 24.3 Å². The molecule has 116 valence electrons. The molecule has 0 aliphatic heterocycles. The average Bonchev–Trinajstić information content (AvgIpc) is 2.38. The summed E-state index contributed by atoms with van der Waals surface area (Å²) < 4.78 is 21.8. The summed E-state index contributed by atoms with van der Waals surface area (Å²) in [5, 5.41) is 12.8. The number of nitro groups is 1. The summed E-state index contributed by atoms with van der Waals surface area (Å²) in [5.41, 5.74) is -0.139. The molecule has 0 saturated carbocycles. The molecule has 0 bridgehead atoms. The number of nitro benzene ring substituents is 1. The first-order valence-corrected chi connectivity index (χ1v) is 8.46. The van der Waals surface area contributed by atoms with Gasteiger partial charge >= 0.3 is 12.8 Å². The highest BCUT2D eigenvalue weighted by atomic mass is 35.7. The molecular weight excluding hydrogens is 323 g/mol. The number of hydrogen-bond donors (Lipinski definition) is 1. The van der Waals surface area contributed by atoms with Gasteiger partial charge in [0.25, 0.3) is 5.69 Å². The molecule has 21 heavy (non-hydrogen) atoms. The van der Waals surface area contributed by atoms with Crippen LogP contribution in [0.2, 0.25) is 0 Å². The number of hydrogen-bond acceptors (Lipinski definition) is 6. The molecule has 0 spiro atoms. The van der Waals surface area contributed by atoms with Crippen LogP contribution >= 0.6 is 18.1 Å². The van der Waals surface area contributed by atoms with Crippen LogP contribution in [0.3, 0.4) is 0 Å². The Hall–Kier alpha value is -1.63. The fourth-order valence-electron chi connectivity index (χ4n) is 1.34. The second kappa shape index (κ2) is 7.40. The van der Waals surface area contributed by atoms with Gasteiger partial charge in [0.2, 0.25) is 0 Å². The molecule has 1 rings (SSSR count). The summed E-state index contributed by atoms with van der Waals surface area (Å²) in [6, 6.07) is 3.95. The highest BCUT2D eigenvalue weighted by Crippen LogP contribution is 2.48. The van der Waals surface area contributed by atoms with Crippen molar-refractivity contribution in [2.24, 2.45) is 0 Å². The van der Waals surface area contributed by atoms with Gasteiger partial charge in [-0.2, -0.15) is 0 Å². The smallest absolute Gasteiger partial charge is 0.409 e. The van der Waals surface area contributed by atoms with Crippen LogP contribution in [-0.2, 0) is 14.1 Å². The van der Waals surface area contributed by atoms with Gasteiger partial charge in [-0.15, -0.1) is 0 Å². The Labute approximate surface area is 125 Å². The Morgan fingerprint density at radius 1 is 1.48 bits per heavy atom. The fourth-order valence-corrected chi connectivity index (χ4v) is 3.03. The van der Waals surface area contributed by atoms with Crippen molar-refractivity contribution in [3.63, 3.8) is 0 Å². The molecule has 0 aliphatic carbocycles. The molecule has 8 nitrogen and oxygen atoms in total. The second-order valence-corrected chi connectivity index (χ2v) is 6.66. The molecule has 1 aromatic rings. The first-order chi connectivity index (χ1) is 9.75. The monoisotopic (exact) mass is 336 g/mol. The van der Waals surface area contributed by atoms with Crippen LogP contribution in [0.1, 0.15) is 13.8 Å². The van der Waals surface area contributed by atoms with Crippen molar-refractivity contribution >= 4 is 29.8 Å². The third-order valence-electron chi connectivity index (χ3n) is 2.26. The fraction of sp³-hybridized carbons (Fsp3) is 0.364. The average molecular weight is 337 g/mol. The van der Waals surface area contributed by atoms with E-state index in [4.69, 9.17) is 20.5 Å². The molecule has 0 fully saturated rings. The number of nitrogens with zero attached hydrogens (tertiary/aromatic N) is 1. The molecule has 0 saturated heterocycles. The molecule has 1 unspecified atom stereocenters. The summed E-state index contributed by atoms with van der Waals surface area (Å²) >= 11 is 5.69. The summed E-state index contributed by atoms with van der Waals surface area (Å²) in [5.74, 6) is -0.548. The maximum atomic E-state index is 12.0. The van der Waals surface area contributed by atoms with E-state index in [1.54, 1.807) is 6.92 Å². The third-order valence-corrected chi connectivity index (χ3v) is 3.90. The van der Waals surface area contributed by atoms with Crippen molar-refractivity contribution in [1.29, 1.82) is 0 Å². The topological polar surface area (TPSA) is 108 Å². The molecule has 0 heterocycles. The van der Waals surface area contributed by atoms with Gasteiger partial charge in [-0.25, -0.2) is 9.65 Å². The van der Waals surface area contributed by atoms with E-state index in [1.807, 2.05) is 0 Å². The maximum Gasteiger partial charge on any atom is 0.409 e. The van der Waals surface area contributed by atoms with Gasteiger partial charge in [-0.1, -0.05) is 0 Å². The van der Waals surface area contributed by atoms with Crippen LogP contribution in [-0.4, -0.2) is 23.5 Å². The van der Waals surface area contributed by atoms with Crippen molar-refractivity contribution in [2.75, 3.05) is 6.61 Å². The van der Waals surface area contributed by atoms with Gasteiger partial charge in [0.15, 0.2) is 0 Å². The quantitative estimate of drug-likeness (QED) is 0.353. The Morgan fingerprint density at radius 3 is 2.52 bits per heavy atom. The number of carbonyl (C=O) groups is 1. The molecule has 0 amide bonds. The Bertz CT molecular complexity index is 564. The van der Waals surface area contributed by atoms with E-state index in [1.165, 1.54) is 31.2 Å². The molecular formula is C11H14ClN2O6P. The van der Waals surface area contributed by atoms with E-state index in [-0.39, 0.29) is 18.0 Å². The maximum absolute atomic E-state index is 12.0. The zero-order valence-corrected chi connectivity index (χ0v) is 13.0. The zero-order chi connectivity index (χ0) is 16.0. The van der Waals surface area contributed by atoms with Gasteiger partial charge in [-0.3, -0.25) is 14.9 Å². The Morgan fingerprint density at radius 2 is 2.05 bits per heavy atom. The van der Waals surface area contributed by atoms with Crippen molar-refractivity contribution in [3.8, 4) is 5.75 Å². The number of benzene rings is 1. The summed E-state index contributed by atoms with van der Waals surface area (Å²) in [6.45, 7) is -0.594. The van der Waals surface area contributed by atoms with Crippen LogP contribution < -0.4 is 9.61 Å². The standard InChI is InChI=1S/C11H14ClN2O6P/c1-3-19-11(15)8(2)13-21(12,18)20-10-6-4-9(5-7-10)14(16)17/h4-8H,3H2,1-2H3,(H,13,18)/t8-,21?/m0/s1. The Kier molecular flexibility index (Phi) is 6.14. The molecule has 10 heteroatoms. The second-order valence-electron chi connectivity index (χ2n) is 3.92. The van der Waals surface area contributed by atoms with E-state index in [2.05, 4.69) is 5.09 Å². The van der Waals surface area contributed by atoms with Crippen LogP contribution in [0.4, 0.5) is 5.69 Å². The number of halogens is 1. The number of esters is 1. The predicted molar refractivity (Wildman–Crippen MR) is 76.4 cm³/mol. The zero-order valence-electron chi connectivity index (χ0n) is 11.3. The van der Waals surface area contributed by atoms with E-state index in [0.29, 0.717) is 0 Å². The SMILES string of the molecule is CCOC(=O)[C@H](C)NP(=O)(Cl)Oc1ccc([N+](=O)[O-])cc1. The van der Waals surface area contributed by atoms with E-state index in [9.17, 15) is 19.5 Å². The van der Waals surface area contributed by atoms with Crippen molar-refractivity contribution < 1.29 is 23.5 Å². The largest absolute Gasteiger partial charge is 0.465 e. The minimum absolute atomic E-state index is 0.0718. The Balaban J connectivity index is 2.69. The van der Waals surface area contributed by atoms with Crippen LogP contribution in [0, 0.1) is 10.1 Å². The lowest BCUT2D eigenvalue weighted by Crippen LogP contribution is -2.33. The van der Waals surface area contributed by atoms with Crippen molar-refractivity contribution in [3.05, 3.63) is 34.4 Å². The normalized spacial score (nSPS) is 14.8. The van der Waals surface area contributed by atoms with E-state index >= 15 is 0 Å². The lowest BCUT2D eigenvalue weighted by molar-refractivity contribution is -0.384.